The van der Waals surface area contributed by atoms with Gasteiger partial charge in [0.2, 0.25) is 11.9 Å². The van der Waals surface area contributed by atoms with Crippen molar-refractivity contribution in [2.45, 2.75) is 20.3 Å². The Labute approximate surface area is 199 Å². The van der Waals surface area contributed by atoms with Crippen molar-refractivity contribution in [2.75, 3.05) is 23.3 Å². The van der Waals surface area contributed by atoms with Gasteiger partial charge in [-0.25, -0.2) is 19.5 Å². The number of halogens is 1. The lowest BCUT2D eigenvalue weighted by molar-refractivity contribution is 0.486. The van der Waals surface area contributed by atoms with Crippen LogP contribution >= 0.6 is 11.6 Å². The molecule has 0 atom stereocenters. The summed E-state index contributed by atoms with van der Waals surface area (Å²) in [4.78, 5) is 24.8. The van der Waals surface area contributed by atoms with Gasteiger partial charge in [0.25, 0.3) is 0 Å². The van der Waals surface area contributed by atoms with E-state index in [9.17, 15) is 0 Å². The lowest BCUT2D eigenvalue weighted by Gasteiger charge is -2.34. The number of imidazole rings is 1. The van der Waals surface area contributed by atoms with Crippen molar-refractivity contribution in [2.24, 2.45) is 7.05 Å². The molecule has 1 saturated heterocycles. The average Bonchev–Trinajstić information content (AvgIpc) is 3.33. The molecule has 0 unspecified atom stereocenters. The number of ether oxygens (including phenoxy) is 1. The first-order chi connectivity index (χ1) is 16.5. The first-order valence-electron chi connectivity index (χ1n) is 10.8. The molecule has 0 aromatic carbocycles. The van der Waals surface area contributed by atoms with Crippen molar-refractivity contribution in [3.8, 4) is 11.5 Å². The van der Waals surface area contributed by atoms with E-state index in [-0.39, 0.29) is 0 Å². The minimum Gasteiger partial charge on any atom is -0.450 e. The molecule has 0 amide bonds. The van der Waals surface area contributed by atoms with Crippen molar-refractivity contribution >= 4 is 45.9 Å². The van der Waals surface area contributed by atoms with E-state index in [4.69, 9.17) is 16.3 Å². The second kappa shape index (κ2) is 7.80. The maximum atomic E-state index is 6.73. The summed E-state index contributed by atoms with van der Waals surface area (Å²) in [6, 6.07) is 0. The smallest absolute Gasteiger partial charge is 0.230 e. The van der Waals surface area contributed by atoms with Gasteiger partial charge in [-0.05, 0) is 20.3 Å². The fraction of sp³-hybridized carbons (Fsp3) is 0.273. The zero-order valence-electron chi connectivity index (χ0n) is 18.8. The maximum Gasteiger partial charge on any atom is 0.230 e. The van der Waals surface area contributed by atoms with E-state index < -0.39 is 0 Å². The molecule has 5 aromatic rings. The molecule has 1 aliphatic heterocycles. The summed E-state index contributed by atoms with van der Waals surface area (Å²) in [6.45, 7) is 6.09. The van der Waals surface area contributed by atoms with Gasteiger partial charge in [0.1, 0.15) is 16.1 Å². The van der Waals surface area contributed by atoms with Crippen LogP contribution < -0.4 is 15.0 Å². The van der Waals surface area contributed by atoms with E-state index in [1.165, 1.54) is 6.42 Å². The van der Waals surface area contributed by atoms with Gasteiger partial charge < -0.3 is 14.2 Å². The van der Waals surface area contributed by atoms with Crippen LogP contribution in [0.3, 0.4) is 0 Å². The highest BCUT2D eigenvalue weighted by Gasteiger charge is 2.22. The third-order valence-corrected chi connectivity index (χ3v) is 6.31. The number of nitrogens with zero attached hydrogens (tertiary/aromatic N) is 9. The van der Waals surface area contributed by atoms with E-state index in [1.807, 2.05) is 25.5 Å². The minimum atomic E-state index is 0.387. The van der Waals surface area contributed by atoms with Crippen LogP contribution in [0.4, 0.5) is 17.6 Å². The molecule has 34 heavy (non-hydrogen) atoms. The molecule has 1 aliphatic rings. The number of aryl methyl sites for hydroxylation is 3. The topological polar surface area (TPSA) is 111 Å². The van der Waals surface area contributed by atoms with Crippen LogP contribution in [-0.2, 0) is 7.05 Å². The summed E-state index contributed by atoms with van der Waals surface area (Å²) >= 11 is 6.73. The Morgan fingerprint density at radius 2 is 1.82 bits per heavy atom. The molecule has 11 nitrogen and oxygen atoms in total. The molecule has 0 radical (unpaired) electrons. The molecule has 0 bridgehead atoms. The third kappa shape index (κ3) is 3.27. The van der Waals surface area contributed by atoms with Gasteiger partial charge in [0.15, 0.2) is 17.1 Å². The van der Waals surface area contributed by atoms with Gasteiger partial charge in [-0.1, -0.05) is 11.6 Å². The van der Waals surface area contributed by atoms with E-state index in [1.54, 1.807) is 35.5 Å². The molecule has 1 N–H and O–H groups in total. The Morgan fingerprint density at radius 1 is 1.03 bits per heavy atom. The van der Waals surface area contributed by atoms with E-state index in [2.05, 4.69) is 40.2 Å². The Morgan fingerprint density at radius 3 is 2.56 bits per heavy atom. The molecule has 1 fully saturated rings. The van der Waals surface area contributed by atoms with Crippen LogP contribution in [0.15, 0.2) is 31.0 Å². The summed E-state index contributed by atoms with van der Waals surface area (Å²) in [5, 5.41) is 7.86. The predicted molar refractivity (Wildman–Crippen MR) is 128 cm³/mol. The molecular formula is C22H21ClN10O. The van der Waals surface area contributed by atoms with Crippen molar-refractivity contribution in [3.05, 3.63) is 47.4 Å². The van der Waals surface area contributed by atoms with Crippen LogP contribution in [0.1, 0.15) is 17.8 Å². The van der Waals surface area contributed by atoms with Crippen LogP contribution in [0, 0.1) is 13.8 Å². The van der Waals surface area contributed by atoms with Crippen LogP contribution in [0.25, 0.3) is 16.7 Å². The molecular weight excluding hydrogens is 456 g/mol. The Balaban J connectivity index is 1.33. The molecule has 172 valence electrons. The Kier molecular flexibility index (Phi) is 4.73. The van der Waals surface area contributed by atoms with Gasteiger partial charge >= 0.3 is 0 Å². The number of pyridine rings is 1. The van der Waals surface area contributed by atoms with E-state index >= 15 is 0 Å². The zero-order valence-corrected chi connectivity index (χ0v) is 19.6. The van der Waals surface area contributed by atoms with Crippen LogP contribution in [0.2, 0.25) is 5.02 Å². The Hall–Kier alpha value is -3.99. The molecule has 6 heterocycles. The van der Waals surface area contributed by atoms with Crippen molar-refractivity contribution in [3.63, 3.8) is 0 Å². The van der Waals surface area contributed by atoms with Gasteiger partial charge in [0.05, 0.1) is 35.7 Å². The fourth-order valence-corrected chi connectivity index (χ4v) is 4.47. The number of hydrogen-bond acceptors (Lipinski definition) is 9. The normalized spacial score (nSPS) is 13.5. The van der Waals surface area contributed by atoms with Crippen LogP contribution in [-0.4, -0.2) is 52.2 Å². The number of anilines is 3. The molecule has 6 rings (SSSR count). The highest BCUT2D eigenvalue weighted by atomic mass is 35.5. The number of fused-ring (bicyclic) bond motifs is 2. The lowest BCUT2D eigenvalue weighted by Crippen LogP contribution is -2.38. The first-order valence-corrected chi connectivity index (χ1v) is 11.2. The maximum absolute atomic E-state index is 6.73. The summed E-state index contributed by atoms with van der Waals surface area (Å²) in [5.41, 5.74) is 4.80. The Bertz CT molecular complexity index is 1530. The van der Waals surface area contributed by atoms with E-state index in [0.29, 0.717) is 39.6 Å². The average molecular weight is 477 g/mol. The molecule has 0 spiro atoms. The fourth-order valence-electron chi connectivity index (χ4n) is 4.17. The van der Waals surface area contributed by atoms with Gasteiger partial charge in [-0.3, -0.25) is 10.3 Å². The summed E-state index contributed by atoms with van der Waals surface area (Å²) in [5.74, 6) is 1.92. The summed E-state index contributed by atoms with van der Waals surface area (Å²) in [6.07, 6.45) is 9.43. The highest BCUT2D eigenvalue weighted by Crippen LogP contribution is 2.36. The molecule has 0 saturated carbocycles. The monoisotopic (exact) mass is 476 g/mol. The number of rotatable bonds is 5. The van der Waals surface area contributed by atoms with Gasteiger partial charge in [-0.15, -0.1) is 0 Å². The highest BCUT2D eigenvalue weighted by molar-refractivity contribution is 6.36. The minimum absolute atomic E-state index is 0.387. The van der Waals surface area contributed by atoms with Gasteiger partial charge in [-0.2, -0.15) is 10.1 Å². The summed E-state index contributed by atoms with van der Waals surface area (Å²) < 4.78 is 9.51. The zero-order chi connectivity index (χ0) is 23.4. The molecule has 0 aliphatic carbocycles. The van der Waals surface area contributed by atoms with Crippen molar-refractivity contribution < 1.29 is 4.74 Å². The number of nitrogens with one attached hydrogen (secondary N) is 1. The summed E-state index contributed by atoms with van der Waals surface area (Å²) in [7, 11) is 1.85. The second-order valence-electron chi connectivity index (χ2n) is 8.15. The quantitative estimate of drug-likeness (QED) is 0.404. The molecule has 5 aromatic heterocycles. The van der Waals surface area contributed by atoms with Gasteiger partial charge in [0, 0.05) is 32.5 Å². The SMILES string of the molecule is Cc1nc(Nc2nc3ncc(Oc4cnn5ccncc45)c(Cl)c3n2C)nc(C)c1N1CCC1. The number of hydrogen-bond donors (Lipinski definition) is 1. The van der Waals surface area contributed by atoms with E-state index in [0.717, 1.165) is 35.7 Å². The van der Waals surface area contributed by atoms with Crippen molar-refractivity contribution in [1.82, 2.24) is 39.1 Å². The van der Waals surface area contributed by atoms with Crippen molar-refractivity contribution in [1.29, 1.82) is 0 Å². The lowest BCUT2D eigenvalue weighted by atomic mass is 10.1. The molecule has 12 heteroatoms. The second-order valence-corrected chi connectivity index (χ2v) is 8.53. The largest absolute Gasteiger partial charge is 0.450 e. The third-order valence-electron chi connectivity index (χ3n) is 5.94. The standard InChI is InChI=1S/C22H21ClN10O/c1-12-18(32-6-4-7-32)13(2)28-21(27-12)30-22-29-20-19(31(22)3)17(23)16(10-25-20)34-15-11-26-33-8-5-24-9-14(15)33/h5,8-11H,4,6-7H2,1-3H3,(H,25,27,28,29,30). The van der Waals surface area contributed by atoms with Crippen LogP contribution in [0.5, 0.6) is 11.5 Å². The first kappa shape index (κ1) is 20.6. The predicted octanol–water partition coefficient (Wildman–Crippen LogP) is 3.82. The number of aromatic nitrogens is 8.